The first-order valence-corrected chi connectivity index (χ1v) is 11.2. The van der Waals surface area contributed by atoms with E-state index in [0.717, 1.165) is 42.0 Å². The second-order valence-electron chi connectivity index (χ2n) is 9.29. The quantitative estimate of drug-likeness (QED) is 0.693. The molecule has 164 valence electrons. The van der Waals surface area contributed by atoms with Crippen molar-refractivity contribution in [3.63, 3.8) is 0 Å². The number of nitrogens with one attached hydrogen (secondary N) is 3. The van der Waals surface area contributed by atoms with Crippen LogP contribution in [0.4, 0.5) is 11.4 Å². The molecule has 7 nitrogen and oxygen atoms in total. The summed E-state index contributed by atoms with van der Waals surface area (Å²) in [6, 6.07) is 8.93. The van der Waals surface area contributed by atoms with Crippen LogP contribution in [0.3, 0.4) is 0 Å². The van der Waals surface area contributed by atoms with E-state index in [4.69, 9.17) is 0 Å². The van der Waals surface area contributed by atoms with Crippen molar-refractivity contribution < 1.29 is 4.79 Å². The molecule has 1 amide bonds. The predicted octanol–water partition coefficient (Wildman–Crippen LogP) is 2.04. The van der Waals surface area contributed by atoms with E-state index in [1.54, 1.807) is 0 Å². The number of hydrogen-bond acceptors (Lipinski definition) is 6. The first-order chi connectivity index (χ1) is 14.9. The van der Waals surface area contributed by atoms with Gasteiger partial charge in [0.2, 0.25) is 0 Å². The van der Waals surface area contributed by atoms with Crippen LogP contribution in [0.25, 0.3) is 0 Å². The van der Waals surface area contributed by atoms with Crippen molar-refractivity contribution in [2.45, 2.75) is 44.7 Å². The molecule has 5 rings (SSSR count). The molecule has 0 saturated carbocycles. The van der Waals surface area contributed by atoms with Gasteiger partial charge in [-0.1, -0.05) is 12.1 Å². The average molecular weight is 421 g/mol. The van der Waals surface area contributed by atoms with E-state index in [-0.39, 0.29) is 24.3 Å². The number of fused-ring (bicyclic) bond motifs is 5. The fraction of sp³-hybridized carbons (Fsp3) is 0.458. The van der Waals surface area contributed by atoms with Crippen LogP contribution < -0.4 is 20.9 Å². The van der Waals surface area contributed by atoms with Gasteiger partial charge in [0.25, 0.3) is 5.91 Å². The Balaban J connectivity index is 1.59. The predicted molar refractivity (Wildman–Crippen MR) is 124 cm³/mol. The highest BCUT2D eigenvalue weighted by molar-refractivity contribution is 5.99. The lowest BCUT2D eigenvalue weighted by molar-refractivity contribution is -0.118. The van der Waals surface area contributed by atoms with Gasteiger partial charge in [0.15, 0.2) is 0 Å². The fourth-order valence-corrected chi connectivity index (χ4v) is 5.07. The number of amides is 1. The molecule has 0 spiro atoms. The van der Waals surface area contributed by atoms with Crippen LogP contribution in [0.2, 0.25) is 0 Å². The maximum Gasteiger partial charge on any atom is 0.251 e. The summed E-state index contributed by atoms with van der Waals surface area (Å²) in [5, 5.41) is 10.2. The Kier molecular flexibility index (Phi) is 4.93. The first-order valence-electron chi connectivity index (χ1n) is 11.2. The van der Waals surface area contributed by atoms with E-state index in [1.165, 1.54) is 5.70 Å². The third kappa shape index (κ3) is 3.37. The van der Waals surface area contributed by atoms with Crippen molar-refractivity contribution in [1.29, 1.82) is 0 Å². The second kappa shape index (κ2) is 7.64. The number of rotatable bonds is 4. The molecule has 1 aromatic rings. The van der Waals surface area contributed by atoms with E-state index < -0.39 is 0 Å². The Hall–Kier alpha value is -2.93. The van der Waals surface area contributed by atoms with Crippen molar-refractivity contribution in [2.75, 3.05) is 37.4 Å². The average Bonchev–Trinajstić information content (AvgIpc) is 3.37. The van der Waals surface area contributed by atoms with Crippen LogP contribution in [0.1, 0.15) is 20.3 Å². The minimum Gasteiger partial charge on any atom is -0.370 e. The first kappa shape index (κ1) is 20.0. The van der Waals surface area contributed by atoms with E-state index in [0.29, 0.717) is 6.04 Å². The zero-order valence-corrected chi connectivity index (χ0v) is 18.7. The molecule has 4 aliphatic rings. The molecule has 1 aromatic carbocycles. The van der Waals surface area contributed by atoms with E-state index in [1.807, 2.05) is 19.9 Å². The molecule has 0 radical (unpaired) electrons. The summed E-state index contributed by atoms with van der Waals surface area (Å²) >= 11 is 0. The van der Waals surface area contributed by atoms with Crippen LogP contribution in [0.15, 0.2) is 59.5 Å². The number of likely N-dealkylation sites (tertiary alicyclic amines) is 1. The van der Waals surface area contributed by atoms with Crippen molar-refractivity contribution in [3.05, 3.63) is 59.5 Å². The van der Waals surface area contributed by atoms with Gasteiger partial charge >= 0.3 is 0 Å². The molecular weight excluding hydrogens is 388 g/mol. The summed E-state index contributed by atoms with van der Waals surface area (Å²) in [5.41, 5.74) is 5.31. The van der Waals surface area contributed by atoms with Crippen LogP contribution in [-0.4, -0.2) is 67.3 Å². The monoisotopic (exact) mass is 420 g/mol. The zero-order valence-electron chi connectivity index (χ0n) is 18.7. The molecule has 0 aliphatic carbocycles. The molecule has 1 fully saturated rings. The summed E-state index contributed by atoms with van der Waals surface area (Å²) < 4.78 is 0. The fourth-order valence-electron chi connectivity index (χ4n) is 5.07. The minimum absolute atomic E-state index is 0.0160. The Bertz CT molecular complexity index is 978. The molecular formula is C24H32N6O. The van der Waals surface area contributed by atoms with Crippen LogP contribution in [0.5, 0.6) is 0 Å². The summed E-state index contributed by atoms with van der Waals surface area (Å²) in [6.07, 6.45) is 7.26. The molecule has 4 aliphatic heterocycles. The van der Waals surface area contributed by atoms with Gasteiger partial charge in [-0.2, -0.15) is 0 Å². The second-order valence-corrected chi connectivity index (χ2v) is 9.29. The third-order valence-corrected chi connectivity index (χ3v) is 6.64. The topological polar surface area (TPSA) is 62.9 Å². The Morgan fingerprint density at radius 1 is 1.23 bits per heavy atom. The van der Waals surface area contributed by atoms with Gasteiger partial charge in [-0.15, -0.1) is 0 Å². The normalized spacial score (nSPS) is 26.4. The number of hydrogen-bond donors (Lipinski definition) is 3. The summed E-state index contributed by atoms with van der Waals surface area (Å²) in [6.45, 7) is 6.03. The van der Waals surface area contributed by atoms with E-state index in [2.05, 4.69) is 81.3 Å². The lowest BCUT2D eigenvalue weighted by atomic mass is 9.94. The lowest BCUT2D eigenvalue weighted by Gasteiger charge is -2.43. The zero-order chi connectivity index (χ0) is 21.7. The van der Waals surface area contributed by atoms with Crippen molar-refractivity contribution >= 4 is 17.3 Å². The van der Waals surface area contributed by atoms with Crippen LogP contribution in [0, 0.1) is 0 Å². The van der Waals surface area contributed by atoms with Gasteiger partial charge in [-0.25, -0.2) is 0 Å². The van der Waals surface area contributed by atoms with Gasteiger partial charge in [-0.3, -0.25) is 4.79 Å². The van der Waals surface area contributed by atoms with Crippen molar-refractivity contribution in [1.82, 2.24) is 20.4 Å². The third-order valence-electron chi connectivity index (χ3n) is 6.64. The number of carbonyl (C=O) groups is 1. The number of allylic oxidation sites excluding steroid dienone is 1. The highest BCUT2D eigenvalue weighted by Gasteiger charge is 2.44. The molecule has 3 atom stereocenters. The van der Waals surface area contributed by atoms with Gasteiger partial charge in [0.1, 0.15) is 12.3 Å². The number of dihydropyridines is 1. The molecule has 4 heterocycles. The number of nitrogens with zero attached hydrogens (tertiary/aromatic N) is 3. The Labute approximate surface area is 184 Å². The van der Waals surface area contributed by atoms with E-state index in [9.17, 15) is 4.79 Å². The van der Waals surface area contributed by atoms with Gasteiger partial charge in [0.05, 0.1) is 16.9 Å². The summed E-state index contributed by atoms with van der Waals surface area (Å²) in [7, 11) is 4.30. The summed E-state index contributed by atoms with van der Waals surface area (Å²) in [5.74, 6) is -0.0160. The molecule has 3 N–H and O–H groups in total. The van der Waals surface area contributed by atoms with Crippen molar-refractivity contribution in [3.8, 4) is 0 Å². The molecule has 1 saturated heterocycles. The SMILES string of the molecule is CC(C)NC(=O)C1=CC2=C(N3CC[C@@H](N(C)C)C3)C=CNC2N2c3ccccc3NC12. The highest BCUT2D eigenvalue weighted by atomic mass is 16.1. The van der Waals surface area contributed by atoms with Gasteiger partial charge in [0, 0.05) is 42.6 Å². The van der Waals surface area contributed by atoms with Crippen LogP contribution in [-0.2, 0) is 4.79 Å². The van der Waals surface area contributed by atoms with E-state index >= 15 is 0 Å². The highest BCUT2D eigenvalue weighted by Crippen LogP contribution is 2.43. The van der Waals surface area contributed by atoms with Gasteiger partial charge < -0.3 is 30.7 Å². The minimum atomic E-state index is -0.196. The summed E-state index contributed by atoms with van der Waals surface area (Å²) in [4.78, 5) is 20.3. The molecule has 31 heavy (non-hydrogen) atoms. The van der Waals surface area contributed by atoms with Crippen molar-refractivity contribution in [2.24, 2.45) is 0 Å². The number of likely N-dealkylation sites (N-methyl/N-ethyl adjacent to an activating group) is 1. The number of anilines is 2. The smallest absolute Gasteiger partial charge is 0.251 e. The number of benzene rings is 1. The molecule has 7 heteroatoms. The Morgan fingerprint density at radius 3 is 2.77 bits per heavy atom. The largest absolute Gasteiger partial charge is 0.370 e. The molecule has 2 unspecified atom stereocenters. The maximum absolute atomic E-state index is 13.2. The maximum atomic E-state index is 13.2. The van der Waals surface area contributed by atoms with Crippen LogP contribution >= 0.6 is 0 Å². The number of para-hydroxylation sites is 2. The lowest BCUT2D eigenvalue weighted by Crippen LogP contribution is -2.57. The Morgan fingerprint density at radius 2 is 2.03 bits per heavy atom. The molecule has 0 aromatic heterocycles. The van der Waals surface area contributed by atoms with Gasteiger partial charge in [-0.05, 0) is 58.6 Å². The number of carbonyl (C=O) groups excluding carboxylic acids is 1. The standard InChI is InChI=1S/C24H32N6O/c1-15(2)26-24(31)18-13-17-20(29-12-10-16(14-29)28(3)4)9-11-25-22(17)30-21-8-6-5-7-19(21)27-23(18)30/h5-9,11,13,15-16,22-23,25,27H,10,12,14H2,1-4H3,(H,26,31)/t16-,22?,23?/m1/s1. The molecule has 0 bridgehead atoms.